The van der Waals surface area contributed by atoms with Crippen molar-refractivity contribution in [2.75, 3.05) is 33.8 Å². The number of ether oxygens (including phenoxy) is 1. The Hall–Kier alpha value is -1.20. The van der Waals surface area contributed by atoms with E-state index in [0.29, 0.717) is 6.61 Å². The van der Waals surface area contributed by atoms with Crippen molar-refractivity contribution in [2.45, 2.75) is 24.5 Å². The number of hydrogen-bond acceptors (Lipinski definition) is 3. The predicted molar refractivity (Wildman–Crippen MR) is 86.8 cm³/mol. The summed E-state index contributed by atoms with van der Waals surface area (Å²) in [4.78, 5) is 15.7. The summed E-state index contributed by atoms with van der Waals surface area (Å²) in [5.74, 6) is 1.13. The van der Waals surface area contributed by atoms with Gasteiger partial charge in [-0.1, -0.05) is 12.1 Å². The molecule has 4 nitrogen and oxygen atoms in total. The van der Waals surface area contributed by atoms with E-state index >= 15 is 0 Å². The Morgan fingerprint density at radius 3 is 2.52 bits per heavy atom. The quantitative estimate of drug-likeness (QED) is 0.857. The highest BCUT2D eigenvalue weighted by atomic mass is 32.2. The van der Waals surface area contributed by atoms with Gasteiger partial charge in [0.25, 0.3) is 0 Å². The van der Waals surface area contributed by atoms with E-state index in [0.717, 1.165) is 18.8 Å². The highest BCUT2D eigenvalue weighted by molar-refractivity contribution is 8.01. The van der Waals surface area contributed by atoms with Crippen molar-refractivity contribution in [2.24, 2.45) is 0 Å². The normalized spacial score (nSPS) is 22.1. The summed E-state index contributed by atoms with van der Waals surface area (Å²) in [6.07, 6.45) is 0. The van der Waals surface area contributed by atoms with Crippen molar-refractivity contribution < 1.29 is 14.4 Å². The third-order valence-corrected chi connectivity index (χ3v) is 4.97. The van der Waals surface area contributed by atoms with Gasteiger partial charge in [0.15, 0.2) is 0 Å². The number of rotatable bonds is 6. The van der Waals surface area contributed by atoms with Crippen molar-refractivity contribution in [1.82, 2.24) is 4.90 Å². The van der Waals surface area contributed by atoms with Crippen LogP contribution >= 0.6 is 11.8 Å². The maximum atomic E-state index is 12.3. The monoisotopic (exact) mass is 309 g/mol. The Morgan fingerprint density at radius 1 is 1.29 bits per heavy atom. The molecule has 1 aromatic carbocycles. The third kappa shape index (κ3) is 3.92. The molecule has 1 heterocycles. The Balaban J connectivity index is 2.13. The Bertz CT molecular complexity index is 476. The lowest BCUT2D eigenvalue weighted by molar-refractivity contribution is -0.857. The standard InChI is InChI=1S/C16H24N2O2S/c1-5-20-14-8-6-13(7-9-14)16-18(11-10-17(3)4)15(19)12(2)21-16/h6-9,12,16H,5,10-11H2,1-4H3/p+1/t12-,16+/m0/s1. The van der Waals surface area contributed by atoms with Crippen molar-refractivity contribution in [1.29, 1.82) is 0 Å². The summed E-state index contributed by atoms with van der Waals surface area (Å²) in [6, 6.07) is 8.12. The number of nitrogens with one attached hydrogen (secondary N) is 1. The minimum absolute atomic E-state index is 0.0405. The lowest BCUT2D eigenvalue weighted by Crippen LogP contribution is -3.06. The van der Waals surface area contributed by atoms with Gasteiger partial charge < -0.3 is 14.5 Å². The van der Waals surface area contributed by atoms with Crippen LogP contribution in [0.5, 0.6) is 5.75 Å². The molecular formula is C16H25N2O2S+. The fourth-order valence-corrected chi connectivity index (χ4v) is 3.71. The minimum atomic E-state index is 0.0405. The molecule has 0 aliphatic carbocycles. The van der Waals surface area contributed by atoms with E-state index in [2.05, 4.69) is 26.2 Å². The van der Waals surface area contributed by atoms with Gasteiger partial charge in [-0.05, 0) is 31.5 Å². The van der Waals surface area contributed by atoms with Crippen LogP contribution in [0.1, 0.15) is 24.8 Å². The number of nitrogens with zero attached hydrogens (tertiary/aromatic N) is 1. The predicted octanol–water partition coefficient (Wildman–Crippen LogP) is 1.19. The van der Waals surface area contributed by atoms with Gasteiger partial charge in [0.1, 0.15) is 11.1 Å². The lowest BCUT2D eigenvalue weighted by atomic mass is 10.2. The number of thioether (sulfide) groups is 1. The average Bonchev–Trinajstić information content (AvgIpc) is 2.74. The maximum absolute atomic E-state index is 12.3. The molecule has 116 valence electrons. The fraction of sp³-hybridized carbons (Fsp3) is 0.562. The van der Waals surface area contributed by atoms with E-state index in [1.807, 2.05) is 30.9 Å². The van der Waals surface area contributed by atoms with E-state index in [4.69, 9.17) is 4.74 Å². The Labute approximate surface area is 131 Å². The van der Waals surface area contributed by atoms with Crippen LogP contribution in [-0.4, -0.2) is 49.8 Å². The van der Waals surface area contributed by atoms with Crippen LogP contribution in [0.2, 0.25) is 0 Å². The second kappa shape index (κ2) is 7.18. The van der Waals surface area contributed by atoms with E-state index in [-0.39, 0.29) is 16.5 Å². The molecule has 1 aliphatic rings. The zero-order valence-electron chi connectivity index (χ0n) is 13.3. The first-order valence-electron chi connectivity index (χ1n) is 7.50. The van der Waals surface area contributed by atoms with Crippen molar-refractivity contribution in [3.8, 4) is 5.75 Å². The van der Waals surface area contributed by atoms with Crippen LogP contribution in [0.15, 0.2) is 24.3 Å². The van der Waals surface area contributed by atoms with Crippen molar-refractivity contribution in [3.63, 3.8) is 0 Å². The molecule has 21 heavy (non-hydrogen) atoms. The van der Waals surface area contributed by atoms with Gasteiger partial charge in [0, 0.05) is 0 Å². The average molecular weight is 309 g/mol. The summed E-state index contributed by atoms with van der Waals surface area (Å²) in [6.45, 7) is 6.41. The molecule has 1 aromatic rings. The number of carbonyl (C=O) groups is 1. The van der Waals surface area contributed by atoms with Gasteiger partial charge >= 0.3 is 0 Å². The van der Waals surface area contributed by atoms with E-state index in [1.165, 1.54) is 10.5 Å². The van der Waals surface area contributed by atoms with Crippen molar-refractivity contribution >= 4 is 17.7 Å². The molecule has 0 aromatic heterocycles. The molecule has 0 saturated carbocycles. The second-order valence-corrected chi connectivity index (χ2v) is 7.05. The number of carbonyl (C=O) groups excluding carboxylic acids is 1. The Kier molecular flexibility index (Phi) is 5.53. The molecule has 1 fully saturated rings. The molecule has 0 spiro atoms. The molecular weight excluding hydrogens is 284 g/mol. The first kappa shape index (κ1) is 16.2. The van der Waals surface area contributed by atoms with Crippen LogP contribution < -0.4 is 9.64 Å². The summed E-state index contributed by atoms with van der Waals surface area (Å²) in [5.41, 5.74) is 1.18. The molecule has 0 bridgehead atoms. The molecule has 2 atom stereocenters. The van der Waals surface area contributed by atoms with Crippen LogP contribution in [0.3, 0.4) is 0 Å². The number of likely N-dealkylation sites (N-methyl/N-ethyl adjacent to an activating group) is 1. The lowest BCUT2D eigenvalue weighted by Gasteiger charge is -2.24. The van der Waals surface area contributed by atoms with E-state index < -0.39 is 0 Å². The highest BCUT2D eigenvalue weighted by Gasteiger charge is 2.38. The van der Waals surface area contributed by atoms with Gasteiger partial charge in [-0.3, -0.25) is 4.79 Å². The minimum Gasteiger partial charge on any atom is -0.494 e. The number of benzene rings is 1. The van der Waals surface area contributed by atoms with E-state index in [9.17, 15) is 4.79 Å². The molecule has 1 amide bonds. The summed E-state index contributed by atoms with van der Waals surface area (Å²) in [7, 11) is 4.23. The molecule has 0 radical (unpaired) electrons. The zero-order valence-corrected chi connectivity index (χ0v) is 14.1. The van der Waals surface area contributed by atoms with Gasteiger partial charge in [0.05, 0.1) is 39.0 Å². The van der Waals surface area contributed by atoms with Gasteiger partial charge in [0.2, 0.25) is 5.91 Å². The van der Waals surface area contributed by atoms with Gasteiger partial charge in [-0.2, -0.15) is 0 Å². The molecule has 1 N–H and O–H groups in total. The summed E-state index contributed by atoms with van der Waals surface area (Å²) in [5, 5.41) is 0.168. The van der Waals surface area contributed by atoms with Crippen LogP contribution in [-0.2, 0) is 4.79 Å². The highest BCUT2D eigenvalue weighted by Crippen LogP contribution is 2.42. The number of quaternary nitrogens is 1. The number of amides is 1. The summed E-state index contributed by atoms with van der Waals surface area (Å²) >= 11 is 1.73. The van der Waals surface area contributed by atoms with Crippen molar-refractivity contribution in [3.05, 3.63) is 29.8 Å². The topological polar surface area (TPSA) is 34.0 Å². The van der Waals surface area contributed by atoms with Crippen LogP contribution in [0.4, 0.5) is 0 Å². The molecule has 0 unspecified atom stereocenters. The van der Waals surface area contributed by atoms with Crippen LogP contribution in [0.25, 0.3) is 0 Å². The van der Waals surface area contributed by atoms with Gasteiger partial charge in [-0.15, -0.1) is 11.8 Å². The van der Waals surface area contributed by atoms with Crippen LogP contribution in [0, 0.1) is 0 Å². The molecule has 2 rings (SSSR count). The largest absolute Gasteiger partial charge is 0.494 e. The zero-order chi connectivity index (χ0) is 15.4. The number of hydrogen-bond donors (Lipinski definition) is 1. The first-order valence-corrected chi connectivity index (χ1v) is 8.45. The fourth-order valence-electron chi connectivity index (χ4n) is 2.40. The first-order chi connectivity index (χ1) is 10.0. The van der Waals surface area contributed by atoms with E-state index in [1.54, 1.807) is 11.8 Å². The smallest absolute Gasteiger partial charge is 0.236 e. The molecule has 1 aliphatic heterocycles. The van der Waals surface area contributed by atoms with Gasteiger partial charge in [-0.25, -0.2) is 0 Å². The maximum Gasteiger partial charge on any atom is 0.236 e. The molecule has 5 heteroatoms. The summed E-state index contributed by atoms with van der Waals surface area (Å²) < 4.78 is 5.48. The third-order valence-electron chi connectivity index (χ3n) is 3.58. The Morgan fingerprint density at radius 2 is 1.95 bits per heavy atom. The second-order valence-electron chi connectivity index (χ2n) is 5.62. The molecule has 1 saturated heterocycles. The SMILES string of the molecule is CCOc1ccc([C@H]2S[C@@H](C)C(=O)N2CC[NH+](C)C)cc1.